The summed E-state index contributed by atoms with van der Waals surface area (Å²) in [7, 11) is 0. The molecule has 0 heterocycles. The minimum atomic E-state index is -0.922. The fourth-order valence-electron chi connectivity index (χ4n) is 2.30. The summed E-state index contributed by atoms with van der Waals surface area (Å²) in [4.78, 5) is 35.4. The summed E-state index contributed by atoms with van der Waals surface area (Å²) < 4.78 is 10.4. The van der Waals surface area contributed by atoms with E-state index >= 15 is 0 Å². The summed E-state index contributed by atoms with van der Waals surface area (Å²) in [5.41, 5.74) is 1.55. The molecule has 0 saturated carbocycles. The highest BCUT2D eigenvalue weighted by atomic mass is 16.6. The van der Waals surface area contributed by atoms with E-state index in [0.717, 1.165) is 5.56 Å². The molecule has 142 valence electrons. The standard InChI is InChI=1S/C21H23NO5/c1-3-19(23)17-9-11-18(12-10-17)26-14-20(24)27-15(2)21(25)22-13-16-7-5-4-6-8-16/h4-12,15H,3,13-14H2,1-2H3,(H,22,25). The van der Waals surface area contributed by atoms with E-state index in [4.69, 9.17) is 9.47 Å². The van der Waals surface area contributed by atoms with Gasteiger partial charge in [-0.1, -0.05) is 37.3 Å². The molecule has 0 aliphatic carbocycles. The Kier molecular flexibility index (Phi) is 7.55. The van der Waals surface area contributed by atoms with E-state index < -0.39 is 12.1 Å². The number of esters is 1. The van der Waals surface area contributed by atoms with Crippen LogP contribution < -0.4 is 10.1 Å². The average Bonchev–Trinajstić information content (AvgIpc) is 2.71. The normalized spacial score (nSPS) is 11.3. The number of ketones is 1. The van der Waals surface area contributed by atoms with Gasteiger partial charge in [-0.2, -0.15) is 0 Å². The van der Waals surface area contributed by atoms with Crippen molar-refractivity contribution in [2.24, 2.45) is 0 Å². The molecule has 27 heavy (non-hydrogen) atoms. The van der Waals surface area contributed by atoms with Crippen LogP contribution in [0.3, 0.4) is 0 Å². The Morgan fingerprint density at radius 1 is 1.00 bits per heavy atom. The van der Waals surface area contributed by atoms with Gasteiger partial charge in [0.15, 0.2) is 18.5 Å². The van der Waals surface area contributed by atoms with E-state index in [9.17, 15) is 14.4 Å². The summed E-state index contributed by atoms with van der Waals surface area (Å²) >= 11 is 0. The third-order valence-electron chi connectivity index (χ3n) is 3.84. The molecular weight excluding hydrogens is 346 g/mol. The van der Waals surface area contributed by atoms with E-state index in [-0.39, 0.29) is 18.3 Å². The molecule has 0 aliphatic rings. The molecule has 0 spiro atoms. The van der Waals surface area contributed by atoms with Crippen molar-refractivity contribution in [3.63, 3.8) is 0 Å². The van der Waals surface area contributed by atoms with Crippen LogP contribution in [0.25, 0.3) is 0 Å². The maximum Gasteiger partial charge on any atom is 0.344 e. The zero-order valence-electron chi connectivity index (χ0n) is 15.4. The molecule has 1 N–H and O–H groups in total. The number of benzene rings is 2. The highest BCUT2D eigenvalue weighted by Crippen LogP contribution is 2.13. The zero-order valence-corrected chi connectivity index (χ0v) is 15.4. The lowest BCUT2D eigenvalue weighted by molar-refractivity contribution is -0.156. The highest BCUT2D eigenvalue weighted by molar-refractivity contribution is 5.95. The summed E-state index contributed by atoms with van der Waals surface area (Å²) in [5, 5.41) is 2.71. The van der Waals surface area contributed by atoms with Crippen molar-refractivity contribution in [3.05, 3.63) is 65.7 Å². The number of carbonyl (C=O) groups is 3. The number of hydrogen-bond donors (Lipinski definition) is 1. The molecule has 0 saturated heterocycles. The van der Waals surface area contributed by atoms with Gasteiger partial charge in [-0.3, -0.25) is 9.59 Å². The van der Waals surface area contributed by atoms with Crippen LogP contribution in [-0.2, 0) is 20.9 Å². The fraction of sp³-hybridized carbons (Fsp3) is 0.286. The van der Waals surface area contributed by atoms with Gasteiger partial charge in [0.1, 0.15) is 5.75 Å². The van der Waals surface area contributed by atoms with E-state index in [1.165, 1.54) is 6.92 Å². The lowest BCUT2D eigenvalue weighted by Gasteiger charge is -2.14. The van der Waals surface area contributed by atoms with Crippen LogP contribution in [0.15, 0.2) is 54.6 Å². The Bertz CT molecular complexity index is 771. The second-order valence-electron chi connectivity index (χ2n) is 5.93. The topological polar surface area (TPSA) is 81.7 Å². The number of nitrogens with one attached hydrogen (secondary N) is 1. The van der Waals surface area contributed by atoms with Crippen LogP contribution in [-0.4, -0.2) is 30.4 Å². The van der Waals surface area contributed by atoms with Gasteiger partial charge in [0, 0.05) is 18.5 Å². The van der Waals surface area contributed by atoms with E-state index in [0.29, 0.717) is 24.3 Å². The first-order chi connectivity index (χ1) is 13.0. The molecule has 0 aliphatic heterocycles. The Morgan fingerprint density at radius 2 is 1.67 bits per heavy atom. The van der Waals surface area contributed by atoms with Crippen LogP contribution in [0.2, 0.25) is 0 Å². The van der Waals surface area contributed by atoms with Crippen LogP contribution in [0.5, 0.6) is 5.75 Å². The molecule has 0 aromatic heterocycles. The summed E-state index contributed by atoms with van der Waals surface area (Å²) in [6, 6.07) is 16.0. The fourth-order valence-corrected chi connectivity index (χ4v) is 2.30. The van der Waals surface area contributed by atoms with Crippen molar-refractivity contribution < 1.29 is 23.9 Å². The summed E-state index contributed by atoms with van der Waals surface area (Å²) in [6.45, 7) is 3.33. The van der Waals surface area contributed by atoms with Crippen LogP contribution in [0, 0.1) is 0 Å². The van der Waals surface area contributed by atoms with Crippen molar-refractivity contribution in [3.8, 4) is 5.75 Å². The van der Waals surface area contributed by atoms with Gasteiger partial charge in [0.2, 0.25) is 0 Å². The van der Waals surface area contributed by atoms with Gasteiger partial charge in [-0.15, -0.1) is 0 Å². The average molecular weight is 369 g/mol. The molecule has 2 aromatic rings. The largest absolute Gasteiger partial charge is 0.482 e. The molecular formula is C21H23NO5. The lowest BCUT2D eigenvalue weighted by Crippen LogP contribution is -2.36. The molecule has 6 heteroatoms. The smallest absolute Gasteiger partial charge is 0.344 e. The van der Waals surface area contributed by atoms with Crippen LogP contribution in [0.1, 0.15) is 36.2 Å². The molecule has 1 unspecified atom stereocenters. The maximum atomic E-state index is 12.0. The number of hydrogen-bond acceptors (Lipinski definition) is 5. The van der Waals surface area contributed by atoms with Crippen LogP contribution in [0.4, 0.5) is 0 Å². The number of amides is 1. The third kappa shape index (κ3) is 6.58. The van der Waals surface area contributed by atoms with E-state index in [1.807, 2.05) is 30.3 Å². The molecule has 0 bridgehead atoms. The molecule has 2 rings (SSSR count). The van der Waals surface area contributed by atoms with Gasteiger partial charge >= 0.3 is 5.97 Å². The molecule has 0 fully saturated rings. The Hall–Kier alpha value is -3.15. The first kappa shape index (κ1) is 20.2. The quantitative estimate of drug-likeness (QED) is 0.543. The molecule has 1 amide bonds. The first-order valence-electron chi connectivity index (χ1n) is 8.76. The second kappa shape index (κ2) is 10.1. The predicted molar refractivity (Wildman–Crippen MR) is 100 cm³/mol. The first-order valence-corrected chi connectivity index (χ1v) is 8.76. The van der Waals surface area contributed by atoms with Crippen molar-refractivity contribution >= 4 is 17.7 Å². The van der Waals surface area contributed by atoms with Gasteiger partial charge < -0.3 is 14.8 Å². The number of Topliss-reactive ketones (excluding diaryl/α,β-unsaturated/α-hetero) is 1. The lowest BCUT2D eigenvalue weighted by atomic mass is 10.1. The van der Waals surface area contributed by atoms with Crippen molar-refractivity contribution in [2.75, 3.05) is 6.61 Å². The summed E-state index contributed by atoms with van der Waals surface area (Å²) in [5.74, 6) is -0.544. The number of rotatable bonds is 9. The minimum absolute atomic E-state index is 0.0382. The van der Waals surface area contributed by atoms with Gasteiger partial charge in [-0.05, 0) is 36.8 Å². The van der Waals surface area contributed by atoms with Crippen molar-refractivity contribution in [1.29, 1.82) is 0 Å². The predicted octanol–water partition coefficient (Wildman–Crippen LogP) is 2.91. The zero-order chi connectivity index (χ0) is 19.6. The maximum absolute atomic E-state index is 12.0. The molecule has 6 nitrogen and oxygen atoms in total. The highest BCUT2D eigenvalue weighted by Gasteiger charge is 2.18. The molecule has 1 atom stereocenters. The van der Waals surface area contributed by atoms with Crippen LogP contribution >= 0.6 is 0 Å². The van der Waals surface area contributed by atoms with Gasteiger partial charge in [-0.25, -0.2) is 4.79 Å². The summed E-state index contributed by atoms with van der Waals surface area (Å²) in [6.07, 6.45) is -0.495. The van der Waals surface area contributed by atoms with Gasteiger partial charge in [0.05, 0.1) is 0 Å². The van der Waals surface area contributed by atoms with E-state index in [2.05, 4.69) is 5.32 Å². The number of carbonyl (C=O) groups excluding carboxylic acids is 3. The molecule has 0 radical (unpaired) electrons. The Labute approximate surface area is 158 Å². The van der Waals surface area contributed by atoms with Gasteiger partial charge in [0.25, 0.3) is 5.91 Å². The van der Waals surface area contributed by atoms with Crippen molar-refractivity contribution in [2.45, 2.75) is 32.9 Å². The second-order valence-corrected chi connectivity index (χ2v) is 5.93. The Balaban J connectivity index is 1.74. The SMILES string of the molecule is CCC(=O)c1ccc(OCC(=O)OC(C)C(=O)NCc2ccccc2)cc1. The number of ether oxygens (including phenoxy) is 2. The minimum Gasteiger partial charge on any atom is -0.482 e. The van der Waals surface area contributed by atoms with E-state index in [1.54, 1.807) is 31.2 Å². The van der Waals surface area contributed by atoms with Crippen molar-refractivity contribution in [1.82, 2.24) is 5.32 Å². The Morgan fingerprint density at radius 3 is 2.30 bits per heavy atom. The monoisotopic (exact) mass is 369 g/mol. The third-order valence-corrected chi connectivity index (χ3v) is 3.84. The molecule has 2 aromatic carbocycles.